The van der Waals surface area contributed by atoms with Crippen LogP contribution in [0.1, 0.15) is 56.3 Å². The minimum atomic E-state index is 0.0341. The van der Waals surface area contributed by atoms with Crippen LogP contribution in [-0.2, 0) is 4.79 Å². The number of likely N-dealkylation sites (tertiary alicyclic amines) is 2. The Balaban J connectivity index is 1.55. The van der Waals surface area contributed by atoms with Crippen LogP contribution in [-0.4, -0.2) is 66.5 Å². The third-order valence-corrected chi connectivity index (χ3v) is 6.02. The molecular weight excluding hydrogens is 354 g/mol. The highest BCUT2D eigenvalue weighted by molar-refractivity contribution is 5.94. The zero-order valence-electron chi connectivity index (χ0n) is 17.3. The number of hydrogen-bond acceptors (Lipinski definition) is 4. The van der Waals surface area contributed by atoms with Crippen molar-refractivity contribution in [2.24, 2.45) is 0 Å². The van der Waals surface area contributed by atoms with E-state index >= 15 is 0 Å². The highest BCUT2D eigenvalue weighted by Crippen LogP contribution is 2.24. The Kier molecular flexibility index (Phi) is 6.94. The molecule has 1 aromatic carbocycles. The van der Waals surface area contributed by atoms with Crippen LogP contribution in [0, 0.1) is 0 Å². The van der Waals surface area contributed by atoms with E-state index in [0.717, 1.165) is 38.8 Å². The van der Waals surface area contributed by atoms with Crippen molar-refractivity contribution in [3.63, 3.8) is 0 Å². The minimum absolute atomic E-state index is 0.0341. The molecule has 6 heteroatoms. The molecule has 0 spiro atoms. The summed E-state index contributed by atoms with van der Waals surface area (Å²) < 4.78 is 5.71. The molecule has 0 saturated carbocycles. The van der Waals surface area contributed by atoms with Gasteiger partial charge in [0, 0.05) is 36.8 Å². The van der Waals surface area contributed by atoms with Gasteiger partial charge in [-0.15, -0.1) is 0 Å². The molecule has 28 heavy (non-hydrogen) atoms. The van der Waals surface area contributed by atoms with Crippen LogP contribution in [0.3, 0.4) is 0 Å². The number of carbonyl (C=O) groups excluding carboxylic acids is 2. The molecule has 1 aromatic rings. The van der Waals surface area contributed by atoms with Crippen LogP contribution in [0.25, 0.3) is 0 Å². The van der Waals surface area contributed by atoms with Gasteiger partial charge in [0.05, 0.1) is 0 Å². The van der Waals surface area contributed by atoms with E-state index in [1.54, 1.807) is 24.3 Å². The van der Waals surface area contributed by atoms with Crippen LogP contribution < -0.4 is 10.1 Å². The van der Waals surface area contributed by atoms with Crippen molar-refractivity contribution >= 4 is 11.8 Å². The van der Waals surface area contributed by atoms with E-state index in [0.29, 0.717) is 11.3 Å². The van der Waals surface area contributed by atoms with Crippen LogP contribution in [0.5, 0.6) is 5.75 Å². The topological polar surface area (TPSA) is 61.9 Å². The van der Waals surface area contributed by atoms with Crippen LogP contribution in [0.15, 0.2) is 24.3 Å². The number of nitrogens with one attached hydrogen (secondary N) is 1. The summed E-state index contributed by atoms with van der Waals surface area (Å²) in [7, 11) is 1.92. The number of piperidine rings is 1. The number of nitrogens with zero attached hydrogens (tertiary/aromatic N) is 2. The fourth-order valence-electron chi connectivity index (χ4n) is 4.54. The summed E-state index contributed by atoms with van der Waals surface area (Å²) in [5, 5.41) is 3.17. The van der Waals surface area contributed by atoms with Gasteiger partial charge in [-0.2, -0.15) is 0 Å². The highest BCUT2D eigenvalue weighted by Gasteiger charge is 2.30. The molecule has 3 atom stereocenters. The van der Waals surface area contributed by atoms with Gasteiger partial charge < -0.3 is 19.9 Å². The second-order valence-electron chi connectivity index (χ2n) is 8.10. The summed E-state index contributed by atoms with van der Waals surface area (Å²) in [6, 6.07) is 7.96. The van der Waals surface area contributed by atoms with E-state index in [1.165, 1.54) is 6.42 Å². The first-order chi connectivity index (χ1) is 13.5. The average Bonchev–Trinajstić information content (AvgIpc) is 3.14. The normalized spacial score (nSPS) is 25.0. The van der Waals surface area contributed by atoms with Gasteiger partial charge in [-0.3, -0.25) is 9.59 Å². The number of likely N-dealkylation sites (N-methyl/N-ethyl adjacent to an activating group) is 1. The van der Waals surface area contributed by atoms with Crippen molar-refractivity contribution in [2.45, 2.75) is 64.1 Å². The molecule has 3 rings (SSSR count). The summed E-state index contributed by atoms with van der Waals surface area (Å²) in [5.74, 6) is 0.721. The molecule has 2 aliphatic rings. The van der Waals surface area contributed by atoms with Gasteiger partial charge in [0.25, 0.3) is 11.8 Å². The Morgan fingerprint density at radius 3 is 2.39 bits per heavy atom. The molecule has 0 radical (unpaired) electrons. The monoisotopic (exact) mass is 387 g/mol. The van der Waals surface area contributed by atoms with E-state index in [1.807, 2.05) is 16.8 Å². The smallest absolute Gasteiger partial charge is 0.260 e. The average molecular weight is 388 g/mol. The summed E-state index contributed by atoms with van der Waals surface area (Å²) in [6.45, 7) is 5.88. The van der Waals surface area contributed by atoms with Crippen molar-refractivity contribution in [1.82, 2.24) is 15.1 Å². The van der Waals surface area contributed by atoms with Crippen molar-refractivity contribution in [3.05, 3.63) is 29.8 Å². The zero-order valence-corrected chi connectivity index (χ0v) is 17.3. The predicted molar refractivity (Wildman–Crippen MR) is 110 cm³/mol. The number of carbonyl (C=O) groups is 2. The SMILES string of the molecule is CNCC1CCCN1C(=O)c1ccc(OCC(=O)N2C(C)CCCC2C)cc1. The van der Waals surface area contributed by atoms with Gasteiger partial charge in [0.15, 0.2) is 6.61 Å². The Hall–Kier alpha value is -2.08. The lowest BCUT2D eigenvalue weighted by Crippen LogP contribution is -2.49. The van der Waals surface area contributed by atoms with E-state index < -0.39 is 0 Å². The summed E-state index contributed by atoms with van der Waals surface area (Å²) in [6.07, 6.45) is 5.38. The lowest BCUT2D eigenvalue weighted by atomic mass is 9.97. The van der Waals surface area contributed by atoms with E-state index in [2.05, 4.69) is 19.2 Å². The number of rotatable bonds is 6. The van der Waals surface area contributed by atoms with Gasteiger partial charge in [-0.25, -0.2) is 0 Å². The fraction of sp³-hybridized carbons (Fsp3) is 0.636. The maximum absolute atomic E-state index is 12.8. The van der Waals surface area contributed by atoms with Crippen molar-refractivity contribution < 1.29 is 14.3 Å². The summed E-state index contributed by atoms with van der Waals surface area (Å²) in [4.78, 5) is 29.3. The Morgan fingerprint density at radius 1 is 1.07 bits per heavy atom. The lowest BCUT2D eigenvalue weighted by Gasteiger charge is -2.38. The summed E-state index contributed by atoms with van der Waals surface area (Å²) >= 11 is 0. The van der Waals surface area contributed by atoms with Gasteiger partial charge in [0.1, 0.15) is 5.75 Å². The minimum Gasteiger partial charge on any atom is -0.484 e. The first-order valence-corrected chi connectivity index (χ1v) is 10.5. The van der Waals surface area contributed by atoms with Crippen molar-refractivity contribution in [1.29, 1.82) is 0 Å². The van der Waals surface area contributed by atoms with E-state index in [4.69, 9.17) is 4.74 Å². The first-order valence-electron chi connectivity index (χ1n) is 10.5. The maximum Gasteiger partial charge on any atom is 0.260 e. The third kappa shape index (κ3) is 4.66. The quantitative estimate of drug-likeness (QED) is 0.815. The molecule has 154 valence electrons. The predicted octanol–water partition coefficient (Wildman–Crippen LogP) is 2.68. The molecule has 2 heterocycles. The molecule has 1 N–H and O–H groups in total. The second-order valence-corrected chi connectivity index (χ2v) is 8.10. The zero-order chi connectivity index (χ0) is 20.1. The van der Waals surface area contributed by atoms with E-state index in [9.17, 15) is 9.59 Å². The highest BCUT2D eigenvalue weighted by atomic mass is 16.5. The van der Waals surface area contributed by atoms with Crippen LogP contribution >= 0.6 is 0 Å². The molecule has 0 aliphatic carbocycles. The maximum atomic E-state index is 12.8. The summed E-state index contributed by atoms with van der Waals surface area (Å²) in [5.41, 5.74) is 0.667. The van der Waals surface area contributed by atoms with Gasteiger partial charge >= 0.3 is 0 Å². The molecule has 3 unspecified atom stereocenters. The number of benzene rings is 1. The molecule has 0 bridgehead atoms. The molecule has 2 amide bonds. The molecular formula is C22H33N3O3. The third-order valence-electron chi connectivity index (χ3n) is 6.02. The standard InChI is InChI=1S/C22H33N3O3/c1-16-6-4-7-17(2)25(16)21(26)15-28-20-11-9-18(10-12-20)22(27)24-13-5-8-19(24)14-23-3/h9-12,16-17,19,23H,4-8,13-15H2,1-3H3. The molecule has 6 nitrogen and oxygen atoms in total. The Bertz CT molecular complexity index is 666. The lowest BCUT2D eigenvalue weighted by molar-refractivity contribution is -0.139. The molecule has 2 fully saturated rings. The first kappa shape index (κ1) is 20.6. The Labute approximate surface area is 168 Å². The van der Waals surface area contributed by atoms with Gasteiger partial charge in [-0.05, 0) is 77.3 Å². The van der Waals surface area contributed by atoms with Gasteiger partial charge in [0.2, 0.25) is 0 Å². The molecule has 2 aliphatic heterocycles. The molecule has 2 saturated heterocycles. The van der Waals surface area contributed by atoms with Crippen molar-refractivity contribution in [2.75, 3.05) is 26.7 Å². The van der Waals surface area contributed by atoms with Gasteiger partial charge in [-0.1, -0.05) is 0 Å². The Morgan fingerprint density at radius 2 is 1.75 bits per heavy atom. The number of ether oxygens (including phenoxy) is 1. The fourth-order valence-corrected chi connectivity index (χ4v) is 4.54. The second kappa shape index (κ2) is 9.41. The van der Waals surface area contributed by atoms with Crippen LogP contribution in [0.2, 0.25) is 0 Å². The van der Waals surface area contributed by atoms with Crippen LogP contribution in [0.4, 0.5) is 0 Å². The van der Waals surface area contributed by atoms with E-state index in [-0.39, 0.29) is 36.5 Å². The number of amides is 2. The largest absolute Gasteiger partial charge is 0.484 e. The molecule has 0 aromatic heterocycles. The van der Waals surface area contributed by atoms with Crippen molar-refractivity contribution in [3.8, 4) is 5.75 Å². The number of hydrogen-bond donors (Lipinski definition) is 1.